The van der Waals surface area contributed by atoms with Crippen LogP contribution in [-0.2, 0) is 9.53 Å². The molecule has 0 saturated heterocycles. The van der Waals surface area contributed by atoms with Crippen molar-refractivity contribution in [1.82, 2.24) is 15.5 Å². The maximum atomic E-state index is 11.5. The van der Waals surface area contributed by atoms with Crippen LogP contribution >= 0.6 is 0 Å². The summed E-state index contributed by atoms with van der Waals surface area (Å²) in [5.41, 5.74) is 1.02. The Morgan fingerprint density at radius 3 is 2.81 bits per heavy atom. The van der Waals surface area contributed by atoms with E-state index in [-0.39, 0.29) is 12.5 Å². The fourth-order valence-corrected chi connectivity index (χ4v) is 1.13. The van der Waals surface area contributed by atoms with Gasteiger partial charge in [0.1, 0.15) is 0 Å². The molecular weight excluding hydrogens is 214 g/mol. The summed E-state index contributed by atoms with van der Waals surface area (Å²) >= 11 is 0. The highest BCUT2D eigenvalue weighted by atomic mass is 16.5. The molecule has 7 heteroatoms. The van der Waals surface area contributed by atoms with Crippen LogP contribution in [0.1, 0.15) is 16.1 Å². The summed E-state index contributed by atoms with van der Waals surface area (Å²) in [5, 5.41) is 17.4. The molecule has 1 amide bonds. The van der Waals surface area contributed by atoms with Gasteiger partial charge < -0.3 is 15.2 Å². The minimum absolute atomic E-state index is 0.0880. The average molecular weight is 227 g/mol. The third-order valence-corrected chi connectivity index (χ3v) is 2.08. The Morgan fingerprint density at radius 2 is 2.38 bits per heavy atom. The molecule has 16 heavy (non-hydrogen) atoms. The number of aryl methyl sites for hydroxylation is 1. The summed E-state index contributed by atoms with van der Waals surface area (Å²) in [6.07, 6.45) is 0.337. The molecule has 0 saturated carbocycles. The van der Waals surface area contributed by atoms with Gasteiger partial charge in [0.05, 0.1) is 18.3 Å². The number of nitrogens with zero attached hydrogens (tertiary/aromatic N) is 1. The molecule has 0 aromatic carbocycles. The van der Waals surface area contributed by atoms with Crippen LogP contribution in [0.4, 0.5) is 0 Å². The van der Waals surface area contributed by atoms with Gasteiger partial charge in [-0.15, -0.1) is 0 Å². The van der Waals surface area contributed by atoms with Gasteiger partial charge in [0.15, 0.2) is 6.10 Å². The van der Waals surface area contributed by atoms with Crippen LogP contribution in [0.15, 0.2) is 6.20 Å². The molecular formula is C9H13N3O4. The van der Waals surface area contributed by atoms with Crippen molar-refractivity contribution in [2.45, 2.75) is 13.0 Å². The zero-order chi connectivity index (χ0) is 12.1. The lowest BCUT2D eigenvalue weighted by Crippen LogP contribution is -2.37. The molecule has 0 radical (unpaired) electrons. The molecule has 1 aromatic rings. The number of methoxy groups -OCH3 is 1. The minimum atomic E-state index is -1.12. The van der Waals surface area contributed by atoms with E-state index >= 15 is 0 Å². The Labute approximate surface area is 91.8 Å². The first kappa shape index (κ1) is 12.2. The van der Waals surface area contributed by atoms with E-state index in [4.69, 9.17) is 5.11 Å². The van der Waals surface area contributed by atoms with Crippen LogP contribution in [0.2, 0.25) is 0 Å². The van der Waals surface area contributed by atoms with E-state index in [1.807, 2.05) is 0 Å². The molecule has 0 aliphatic carbocycles. The standard InChI is InChI=1S/C9H13N3O4/c1-5-6(3-11-12-5)8(13)10-4-7(16-2)9(14)15/h3,7H,4H2,1-2H3,(H,10,13)(H,11,12)(H,14,15). The van der Waals surface area contributed by atoms with Gasteiger partial charge in [-0.3, -0.25) is 9.89 Å². The number of rotatable bonds is 5. The number of aliphatic carboxylic acids is 1. The molecule has 1 heterocycles. The van der Waals surface area contributed by atoms with Crippen molar-refractivity contribution in [3.63, 3.8) is 0 Å². The van der Waals surface area contributed by atoms with Gasteiger partial charge in [-0.2, -0.15) is 5.10 Å². The first-order valence-corrected chi connectivity index (χ1v) is 4.60. The van der Waals surface area contributed by atoms with E-state index in [0.717, 1.165) is 0 Å². The van der Waals surface area contributed by atoms with E-state index in [2.05, 4.69) is 20.3 Å². The smallest absolute Gasteiger partial charge is 0.334 e. The van der Waals surface area contributed by atoms with Crippen molar-refractivity contribution in [3.8, 4) is 0 Å². The molecule has 1 aromatic heterocycles. The average Bonchev–Trinajstić information content (AvgIpc) is 2.64. The maximum absolute atomic E-state index is 11.5. The van der Waals surface area contributed by atoms with Crippen LogP contribution in [-0.4, -0.2) is 46.9 Å². The Balaban J connectivity index is 2.53. The number of aromatic nitrogens is 2. The van der Waals surface area contributed by atoms with E-state index in [1.54, 1.807) is 6.92 Å². The molecule has 0 spiro atoms. The lowest BCUT2D eigenvalue weighted by atomic mass is 10.2. The van der Waals surface area contributed by atoms with Crippen LogP contribution < -0.4 is 5.32 Å². The molecule has 0 aliphatic rings. The zero-order valence-corrected chi connectivity index (χ0v) is 8.98. The lowest BCUT2D eigenvalue weighted by Gasteiger charge is -2.10. The van der Waals surface area contributed by atoms with Gasteiger partial charge >= 0.3 is 5.97 Å². The summed E-state index contributed by atoms with van der Waals surface area (Å²) in [4.78, 5) is 22.2. The Morgan fingerprint density at radius 1 is 1.69 bits per heavy atom. The monoisotopic (exact) mass is 227 g/mol. The predicted octanol–water partition coefficient (Wildman–Crippen LogP) is -0.452. The highest BCUT2D eigenvalue weighted by molar-refractivity contribution is 5.95. The largest absolute Gasteiger partial charge is 0.479 e. The topological polar surface area (TPSA) is 104 Å². The summed E-state index contributed by atoms with van der Waals surface area (Å²) in [6.45, 7) is 1.61. The second-order valence-corrected chi connectivity index (χ2v) is 3.18. The summed E-state index contributed by atoms with van der Waals surface area (Å²) in [5.74, 6) is -1.50. The molecule has 1 atom stereocenters. The van der Waals surface area contributed by atoms with Crippen molar-refractivity contribution in [1.29, 1.82) is 0 Å². The summed E-state index contributed by atoms with van der Waals surface area (Å²) < 4.78 is 4.67. The normalized spacial score (nSPS) is 12.1. The van der Waals surface area contributed by atoms with Gasteiger partial charge in [-0.1, -0.05) is 0 Å². The molecule has 0 aliphatic heterocycles. The van der Waals surface area contributed by atoms with E-state index in [0.29, 0.717) is 11.3 Å². The van der Waals surface area contributed by atoms with Crippen molar-refractivity contribution in [3.05, 3.63) is 17.5 Å². The van der Waals surface area contributed by atoms with Gasteiger partial charge in [-0.05, 0) is 6.92 Å². The SMILES string of the molecule is COC(CNC(=O)c1cn[nH]c1C)C(=O)O. The molecule has 0 bridgehead atoms. The second-order valence-electron chi connectivity index (χ2n) is 3.18. The number of H-pyrrole nitrogens is 1. The van der Waals surface area contributed by atoms with Crippen molar-refractivity contribution in [2.75, 3.05) is 13.7 Å². The van der Waals surface area contributed by atoms with E-state index < -0.39 is 12.1 Å². The Bertz CT molecular complexity index is 388. The number of carbonyl (C=O) groups excluding carboxylic acids is 1. The number of aromatic amines is 1. The van der Waals surface area contributed by atoms with Crippen LogP contribution in [0, 0.1) is 6.92 Å². The zero-order valence-electron chi connectivity index (χ0n) is 8.98. The lowest BCUT2D eigenvalue weighted by molar-refractivity contribution is -0.147. The Hall–Kier alpha value is -1.89. The number of carbonyl (C=O) groups is 2. The van der Waals surface area contributed by atoms with Crippen molar-refractivity contribution in [2.24, 2.45) is 0 Å². The van der Waals surface area contributed by atoms with Crippen LogP contribution in [0.5, 0.6) is 0 Å². The third kappa shape index (κ3) is 2.80. The summed E-state index contributed by atoms with van der Waals surface area (Å²) in [7, 11) is 1.27. The van der Waals surface area contributed by atoms with E-state index in [9.17, 15) is 9.59 Å². The number of carboxylic acid groups (broad SMARTS) is 1. The highest BCUT2D eigenvalue weighted by Crippen LogP contribution is 2.01. The first-order chi connectivity index (χ1) is 7.56. The summed E-state index contributed by atoms with van der Waals surface area (Å²) in [6, 6.07) is 0. The molecule has 1 unspecified atom stereocenters. The molecule has 7 nitrogen and oxygen atoms in total. The van der Waals surface area contributed by atoms with Crippen LogP contribution in [0.25, 0.3) is 0 Å². The number of carboxylic acids is 1. The fraction of sp³-hybridized carbons (Fsp3) is 0.444. The second kappa shape index (κ2) is 5.26. The first-order valence-electron chi connectivity index (χ1n) is 4.60. The number of ether oxygens (including phenoxy) is 1. The molecule has 3 N–H and O–H groups in total. The maximum Gasteiger partial charge on any atom is 0.334 e. The number of amides is 1. The molecule has 0 fully saturated rings. The number of hydrogen-bond acceptors (Lipinski definition) is 4. The van der Waals surface area contributed by atoms with Gasteiger partial charge in [-0.25, -0.2) is 4.79 Å². The fourth-order valence-electron chi connectivity index (χ4n) is 1.13. The van der Waals surface area contributed by atoms with Crippen LogP contribution in [0.3, 0.4) is 0 Å². The minimum Gasteiger partial charge on any atom is -0.479 e. The van der Waals surface area contributed by atoms with Crippen molar-refractivity contribution >= 4 is 11.9 Å². The Kier molecular flexibility index (Phi) is 4.01. The third-order valence-electron chi connectivity index (χ3n) is 2.08. The van der Waals surface area contributed by atoms with Gasteiger partial charge in [0.2, 0.25) is 0 Å². The predicted molar refractivity (Wildman–Crippen MR) is 54.1 cm³/mol. The van der Waals surface area contributed by atoms with E-state index in [1.165, 1.54) is 13.3 Å². The van der Waals surface area contributed by atoms with Gasteiger partial charge in [0, 0.05) is 12.8 Å². The number of hydrogen-bond donors (Lipinski definition) is 3. The quantitative estimate of drug-likeness (QED) is 0.631. The van der Waals surface area contributed by atoms with Gasteiger partial charge in [0.25, 0.3) is 5.91 Å². The molecule has 88 valence electrons. The number of nitrogens with one attached hydrogen (secondary N) is 2. The molecule has 1 rings (SSSR count). The highest BCUT2D eigenvalue weighted by Gasteiger charge is 2.18. The van der Waals surface area contributed by atoms with Crippen molar-refractivity contribution < 1.29 is 19.4 Å².